The number of carbonyl (C=O) groups excluding carboxylic acids is 1. The second-order valence-corrected chi connectivity index (χ2v) is 7.53. The maximum atomic E-state index is 12.8. The Morgan fingerprint density at radius 1 is 0.941 bits per heavy atom. The van der Waals surface area contributed by atoms with Gasteiger partial charge in [-0.3, -0.25) is 4.79 Å². The predicted molar refractivity (Wildman–Crippen MR) is 126 cm³/mol. The van der Waals surface area contributed by atoms with Crippen LogP contribution < -0.4 is 14.8 Å². The molecule has 0 saturated heterocycles. The number of nitrogens with zero attached hydrogens (tertiary/aromatic N) is 4. The fourth-order valence-corrected chi connectivity index (χ4v) is 3.59. The van der Waals surface area contributed by atoms with Crippen molar-refractivity contribution in [3.05, 3.63) is 78.1 Å². The van der Waals surface area contributed by atoms with Gasteiger partial charge in [-0.1, -0.05) is 12.1 Å². The molecule has 0 bridgehead atoms. The summed E-state index contributed by atoms with van der Waals surface area (Å²) in [6, 6.07) is 19.9. The number of carbonyl (C=O) groups is 1. The Morgan fingerprint density at radius 3 is 2.56 bits per heavy atom. The standard InChI is InChI=1S/C25H21N5O4/c1-15-7-10-21(34-15)24-28-27-23-12-9-19(29-30(23)24)16-5-4-6-18(13-16)26-25(31)17-8-11-20(32-2)22(14-17)33-3/h4-14H,1-3H3,(H,26,31). The number of ether oxygens (including phenoxy) is 2. The van der Waals surface area contributed by atoms with E-state index in [1.165, 1.54) is 7.11 Å². The molecule has 0 unspecified atom stereocenters. The number of nitrogens with one attached hydrogen (secondary N) is 1. The van der Waals surface area contributed by atoms with Crippen LogP contribution in [0.4, 0.5) is 5.69 Å². The van der Waals surface area contributed by atoms with Crippen LogP contribution in [0.25, 0.3) is 28.5 Å². The number of aryl methyl sites for hydroxylation is 1. The lowest BCUT2D eigenvalue weighted by molar-refractivity contribution is 0.102. The summed E-state index contributed by atoms with van der Waals surface area (Å²) in [6.07, 6.45) is 0. The molecule has 170 valence electrons. The molecule has 9 nitrogen and oxygen atoms in total. The second kappa shape index (κ2) is 8.70. The van der Waals surface area contributed by atoms with Crippen molar-refractivity contribution in [3.8, 4) is 34.3 Å². The van der Waals surface area contributed by atoms with Crippen LogP contribution in [0.1, 0.15) is 16.1 Å². The number of hydrogen-bond acceptors (Lipinski definition) is 7. The van der Waals surface area contributed by atoms with Crippen LogP contribution in [0.15, 0.2) is 71.1 Å². The largest absolute Gasteiger partial charge is 0.493 e. The van der Waals surface area contributed by atoms with Gasteiger partial charge in [0.2, 0.25) is 5.82 Å². The molecule has 9 heteroatoms. The van der Waals surface area contributed by atoms with E-state index in [1.54, 1.807) is 29.8 Å². The lowest BCUT2D eigenvalue weighted by Crippen LogP contribution is -2.12. The molecule has 5 aromatic rings. The zero-order valence-corrected chi connectivity index (χ0v) is 18.8. The molecule has 0 aliphatic heterocycles. The van der Waals surface area contributed by atoms with Gasteiger partial charge in [0, 0.05) is 16.8 Å². The third-order valence-corrected chi connectivity index (χ3v) is 5.29. The zero-order chi connectivity index (χ0) is 23.7. The van der Waals surface area contributed by atoms with Gasteiger partial charge in [0.05, 0.1) is 19.9 Å². The van der Waals surface area contributed by atoms with Crippen molar-refractivity contribution in [1.29, 1.82) is 0 Å². The van der Waals surface area contributed by atoms with E-state index < -0.39 is 0 Å². The van der Waals surface area contributed by atoms with Crippen LogP contribution in [0.2, 0.25) is 0 Å². The Labute approximate surface area is 195 Å². The molecule has 0 atom stereocenters. The monoisotopic (exact) mass is 455 g/mol. The van der Waals surface area contributed by atoms with Crippen LogP contribution in [-0.2, 0) is 0 Å². The van der Waals surface area contributed by atoms with E-state index in [0.29, 0.717) is 45.7 Å². The quantitative estimate of drug-likeness (QED) is 0.398. The third kappa shape index (κ3) is 3.95. The average molecular weight is 455 g/mol. The summed E-state index contributed by atoms with van der Waals surface area (Å²) >= 11 is 0. The van der Waals surface area contributed by atoms with Gasteiger partial charge in [-0.05, 0) is 61.5 Å². The molecule has 0 spiro atoms. The van der Waals surface area contributed by atoms with Gasteiger partial charge >= 0.3 is 0 Å². The van der Waals surface area contributed by atoms with Gasteiger partial charge in [0.1, 0.15) is 5.76 Å². The van der Waals surface area contributed by atoms with Crippen molar-refractivity contribution < 1.29 is 18.7 Å². The summed E-state index contributed by atoms with van der Waals surface area (Å²) in [6.45, 7) is 1.87. The highest BCUT2D eigenvalue weighted by molar-refractivity contribution is 6.04. The van der Waals surface area contributed by atoms with E-state index in [0.717, 1.165) is 11.3 Å². The van der Waals surface area contributed by atoms with Gasteiger partial charge in [0.25, 0.3) is 5.91 Å². The number of amides is 1. The van der Waals surface area contributed by atoms with E-state index in [9.17, 15) is 4.79 Å². The smallest absolute Gasteiger partial charge is 0.255 e. The molecular weight excluding hydrogens is 434 g/mol. The summed E-state index contributed by atoms with van der Waals surface area (Å²) in [7, 11) is 3.08. The number of benzene rings is 2. The topological polar surface area (TPSA) is 104 Å². The van der Waals surface area contributed by atoms with Crippen molar-refractivity contribution in [2.75, 3.05) is 19.5 Å². The van der Waals surface area contributed by atoms with Crippen LogP contribution in [0.5, 0.6) is 11.5 Å². The van der Waals surface area contributed by atoms with Gasteiger partial charge in [-0.2, -0.15) is 9.61 Å². The number of hydrogen-bond donors (Lipinski definition) is 1. The maximum absolute atomic E-state index is 12.8. The Hall–Kier alpha value is -4.66. The van der Waals surface area contributed by atoms with Crippen molar-refractivity contribution >= 4 is 17.2 Å². The Kier molecular flexibility index (Phi) is 5.43. The molecule has 3 heterocycles. The lowest BCUT2D eigenvalue weighted by Gasteiger charge is -2.11. The van der Waals surface area contributed by atoms with E-state index in [-0.39, 0.29) is 5.91 Å². The molecule has 3 aromatic heterocycles. The molecule has 34 heavy (non-hydrogen) atoms. The summed E-state index contributed by atoms with van der Waals surface area (Å²) in [5.74, 6) is 2.66. The number of anilines is 1. The van der Waals surface area contributed by atoms with Gasteiger partial charge in [0.15, 0.2) is 22.9 Å². The summed E-state index contributed by atoms with van der Waals surface area (Å²) in [5, 5.41) is 16.0. The molecule has 0 aliphatic rings. The van der Waals surface area contributed by atoms with E-state index in [4.69, 9.17) is 19.0 Å². The normalized spacial score (nSPS) is 10.9. The summed E-state index contributed by atoms with van der Waals surface area (Å²) < 4.78 is 17.9. The first-order valence-electron chi connectivity index (χ1n) is 10.5. The van der Waals surface area contributed by atoms with E-state index in [2.05, 4.69) is 15.5 Å². The van der Waals surface area contributed by atoms with Crippen LogP contribution in [-0.4, -0.2) is 39.9 Å². The number of rotatable bonds is 6. The van der Waals surface area contributed by atoms with Gasteiger partial charge in [-0.15, -0.1) is 10.2 Å². The van der Waals surface area contributed by atoms with Crippen LogP contribution in [0, 0.1) is 6.92 Å². The van der Waals surface area contributed by atoms with Crippen LogP contribution >= 0.6 is 0 Å². The average Bonchev–Trinajstić information content (AvgIpc) is 3.49. The zero-order valence-electron chi connectivity index (χ0n) is 18.8. The first kappa shape index (κ1) is 21.2. The number of furan rings is 1. The fraction of sp³-hybridized carbons (Fsp3) is 0.120. The minimum atomic E-state index is -0.268. The molecule has 0 saturated carbocycles. The summed E-state index contributed by atoms with van der Waals surface area (Å²) in [5.41, 5.74) is 3.20. The Bertz CT molecular complexity index is 1500. The van der Waals surface area contributed by atoms with E-state index in [1.807, 2.05) is 55.5 Å². The number of methoxy groups -OCH3 is 2. The van der Waals surface area contributed by atoms with Crippen molar-refractivity contribution in [2.24, 2.45) is 0 Å². The molecule has 0 radical (unpaired) electrons. The van der Waals surface area contributed by atoms with Crippen LogP contribution in [0.3, 0.4) is 0 Å². The second-order valence-electron chi connectivity index (χ2n) is 7.53. The number of fused-ring (bicyclic) bond motifs is 1. The fourth-order valence-electron chi connectivity index (χ4n) is 3.59. The first-order chi connectivity index (χ1) is 16.6. The molecular formula is C25H21N5O4. The third-order valence-electron chi connectivity index (χ3n) is 5.29. The molecule has 0 fully saturated rings. The highest BCUT2D eigenvalue weighted by Crippen LogP contribution is 2.28. The Balaban J connectivity index is 1.43. The van der Waals surface area contributed by atoms with Crippen molar-refractivity contribution in [3.63, 3.8) is 0 Å². The molecule has 0 aliphatic carbocycles. The first-order valence-corrected chi connectivity index (χ1v) is 10.5. The summed E-state index contributed by atoms with van der Waals surface area (Å²) in [4.78, 5) is 12.8. The molecule has 1 N–H and O–H groups in total. The Morgan fingerprint density at radius 2 is 1.79 bits per heavy atom. The molecule has 2 aromatic carbocycles. The SMILES string of the molecule is COc1ccc(C(=O)Nc2cccc(-c3ccc4nnc(-c5ccc(C)o5)n4n3)c2)cc1OC. The lowest BCUT2D eigenvalue weighted by atomic mass is 10.1. The van der Waals surface area contributed by atoms with Gasteiger partial charge < -0.3 is 19.2 Å². The minimum Gasteiger partial charge on any atom is -0.493 e. The van der Waals surface area contributed by atoms with Crippen molar-refractivity contribution in [2.45, 2.75) is 6.92 Å². The van der Waals surface area contributed by atoms with Gasteiger partial charge in [-0.25, -0.2) is 0 Å². The molecule has 5 rings (SSSR count). The highest BCUT2D eigenvalue weighted by Gasteiger charge is 2.15. The molecule has 1 amide bonds. The van der Waals surface area contributed by atoms with Crippen molar-refractivity contribution in [1.82, 2.24) is 19.8 Å². The minimum absolute atomic E-state index is 0.268. The number of aromatic nitrogens is 4. The predicted octanol–water partition coefficient (Wildman–Crippen LogP) is 4.63. The highest BCUT2D eigenvalue weighted by atomic mass is 16.5. The van der Waals surface area contributed by atoms with E-state index >= 15 is 0 Å². The maximum Gasteiger partial charge on any atom is 0.255 e.